The van der Waals surface area contributed by atoms with Crippen LogP contribution in [0.4, 0.5) is 0 Å². The molecule has 2 aliphatic carbocycles. The molecule has 2 heterocycles. The highest BCUT2D eigenvalue weighted by Gasteiger charge is 2.38. The van der Waals surface area contributed by atoms with Crippen LogP contribution in [-0.4, -0.2) is 16.5 Å². The largest absolute Gasteiger partial charge is 0.312 e. The zero-order valence-electron chi connectivity index (χ0n) is 11.1. The third kappa shape index (κ3) is 1.68. The van der Waals surface area contributed by atoms with Gasteiger partial charge in [-0.2, -0.15) is 0 Å². The van der Waals surface area contributed by atoms with Gasteiger partial charge in [0.2, 0.25) is 0 Å². The van der Waals surface area contributed by atoms with Crippen molar-refractivity contribution in [1.82, 2.24) is 15.3 Å². The molecule has 2 saturated carbocycles. The highest BCUT2D eigenvalue weighted by Crippen LogP contribution is 2.47. The van der Waals surface area contributed by atoms with Gasteiger partial charge in [0.05, 0.1) is 11.4 Å². The van der Waals surface area contributed by atoms with Crippen molar-refractivity contribution in [2.45, 2.75) is 57.4 Å². The molecule has 0 spiro atoms. The van der Waals surface area contributed by atoms with Gasteiger partial charge in [-0.1, -0.05) is 13.3 Å². The fourth-order valence-electron chi connectivity index (χ4n) is 3.26. The van der Waals surface area contributed by atoms with Gasteiger partial charge in [0.15, 0.2) is 0 Å². The Bertz CT molecular complexity index is 479. The third-order valence-electron chi connectivity index (χ3n) is 4.92. The van der Waals surface area contributed by atoms with Crippen LogP contribution in [0.1, 0.15) is 67.2 Å². The van der Waals surface area contributed by atoms with Crippen LogP contribution in [0.2, 0.25) is 0 Å². The number of hydrogen-bond acceptors (Lipinski definition) is 3. The van der Waals surface area contributed by atoms with E-state index in [9.17, 15) is 0 Å². The predicted octanol–water partition coefficient (Wildman–Crippen LogP) is 2.51. The lowest BCUT2D eigenvalue weighted by Gasteiger charge is -2.29. The molecule has 0 amide bonds. The maximum absolute atomic E-state index is 4.97. The zero-order valence-corrected chi connectivity index (χ0v) is 11.1. The Morgan fingerprint density at radius 1 is 1.22 bits per heavy atom. The van der Waals surface area contributed by atoms with E-state index in [1.165, 1.54) is 42.6 Å². The van der Waals surface area contributed by atoms with Crippen LogP contribution in [0.3, 0.4) is 0 Å². The van der Waals surface area contributed by atoms with Crippen LogP contribution in [0.25, 0.3) is 0 Å². The van der Waals surface area contributed by atoms with Gasteiger partial charge in [0.25, 0.3) is 0 Å². The highest BCUT2D eigenvalue weighted by molar-refractivity contribution is 5.33. The molecular weight excluding hydrogens is 222 g/mol. The summed E-state index contributed by atoms with van der Waals surface area (Å²) < 4.78 is 0. The van der Waals surface area contributed by atoms with Crippen molar-refractivity contribution in [3.63, 3.8) is 0 Å². The molecule has 2 unspecified atom stereocenters. The molecule has 96 valence electrons. The van der Waals surface area contributed by atoms with Crippen LogP contribution in [0.15, 0.2) is 0 Å². The minimum Gasteiger partial charge on any atom is -0.312 e. The second kappa shape index (κ2) is 4.02. The molecule has 3 nitrogen and oxygen atoms in total. The molecule has 0 radical (unpaired) electrons. The van der Waals surface area contributed by atoms with Gasteiger partial charge in [-0.15, -0.1) is 0 Å². The van der Waals surface area contributed by atoms with Crippen LogP contribution in [0.5, 0.6) is 0 Å². The summed E-state index contributed by atoms with van der Waals surface area (Å²) in [5, 5.41) is 3.48. The van der Waals surface area contributed by atoms with E-state index < -0.39 is 0 Å². The second-order valence-corrected chi connectivity index (χ2v) is 6.27. The molecule has 1 aromatic heterocycles. The molecule has 0 saturated heterocycles. The summed E-state index contributed by atoms with van der Waals surface area (Å²) in [5.41, 5.74) is 4.18. The lowest BCUT2D eigenvalue weighted by atomic mass is 9.80. The van der Waals surface area contributed by atoms with Crippen molar-refractivity contribution < 1.29 is 0 Å². The van der Waals surface area contributed by atoms with Crippen LogP contribution < -0.4 is 5.32 Å². The van der Waals surface area contributed by atoms with Crippen molar-refractivity contribution in [2.75, 3.05) is 6.54 Å². The number of nitrogens with one attached hydrogen (secondary N) is 1. The van der Waals surface area contributed by atoms with Crippen molar-refractivity contribution in [2.24, 2.45) is 5.92 Å². The summed E-state index contributed by atoms with van der Waals surface area (Å²) in [7, 11) is 0. The zero-order chi connectivity index (χ0) is 12.1. The van der Waals surface area contributed by atoms with E-state index in [0.29, 0.717) is 5.92 Å². The molecule has 18 heavy (non-hydrogen) atoms. The number of rotatable bonds is 2. The SMILES string of the molecule is CC1CC1c1nc2c(c(C3CCC3)n1)CNCC2. The van der Waals surface area contributed by atoms with Gasteiger partial charge >= 0.3 is 0 Å². The molecule has 3 heteroatoms. The van der Waals surface area contributed by atoms with E-state index in [-0.39, 0.29) is 0 Å². The third-order valence-corrected chi connectivity index (χ3v) is 4.92. The summed E-state index contributed by atoms with van der Waals surface area (Å²) in [6.07, 6.45) is 6.44. The highest BCUT2D eigenvalue weighted by atomic mass is 15.0. The first-order valence-electron chi connectivity index (χ1n) is 7.43. The first kappa shape index (κ1) is 10.9. The van der Waals surface area contributed by atoms with E-state index in [4.69, 9.17) is 9.97 Å². The molecule has 4 rings (SSSR count). The molecular formula is C15H21N3. The van der Waals surface area contributed by atoms with Gasteiger partial charge in [-0.05, 0) is 25.2 Å². The summed E-state index contributed by atoms with van der Waals surface area (Å²) >= 11 is 0. The van der Waals surface area contributed by atoms with Crippen LogP contribution >= 0.6 is 0 Å². The lowest BCUT2D eigenvalue weighted by Crippen LogP contribution is -2.29. The summed E-state index contributed by atoms with van der Waals surface area (Å²) in [6.45, 7) is 4.38. The number of nitrogens with zero attached hydrogens (tertiary/aromatic N) is 2. The summed E-state index contributed by atoms with van der Waals surface area (Å²) in [6, 6.07) is 0. The number of fused-ring (bicyclic) bond motifs is 1. The fraction of sp³-hybridized carbons (Fsp3) is 0.733. The Morgan fingerprint density at radius 3 is 2.72 bits per heavy atom. The summed E-state index contributed by atoms with van der Waals surface area (Å²) in [4.78, 5) is 9.85. The quantitative estimate of drug-likeness (QED) is 0.867. The molecule has 3 aliphatic rings. The first-order chi connectivity index (χ1) is 8.83. The van der Waals surface area contributed by atoms with E-state index >= 15 is 0 Å². The molecule has 1 aliphatic heterocycles. The molecule has 2 fully saturated rings. The number of hydrogen-bond donors (Lipinski definition) is 1. The predicted molar refractivity (Wildman–Crippen MR) is 70.6 cm³/mol. The van der Waals surface area contributed by atoms with Crippen LogP contribution in [0, 0.1) is 5.92 Å². The van der Waals surface area contributed by atoms with E-state index in [1.54, 1.807) is 0 Å². The Kier molecular flexibility index (Phi) is 2.44. The normalized spacial score (nSPS) is 30.7. The van der Waals surface area contributed by atoms with Crippen molar-refractivity contribution in [1.29, 1.82) is 0 Å². The molecule has 0 bridgehead atoms. The topological polar surface area (TPSA) is 37.8 Å². The Balaban J connectivity index is 1.77. The van der Waals surface area contributed by atoms with Gasteiger partial charge < -0.3 is 5.32 Å². The number of aromatic nitrogens is 2. The van der Waals surface area contributed by atoms with Crippen LogP contribution in [-0.2, 0) is 13.0 Å². The molecule has 2 atom stereocenters. The van der Waals surface area contributed by atoms with E-state index in [0.717, 1.165) is 37.2 Å². The Labute approximate surface area is 108 Å². The van der Waals surface area contributed by atoms with Crippen molar-refractivity contribution in [3.05, 3.63) is 22.8 Å². The first-order valence-corrected chi connectivity index (χ1v) is 7.43. The smallest absolute Gasteiger partial charge is 0.132 e. The fourth-order valence-corrected chi connectivity index (χ4v) is 3.26. The molecule has 1 aromatic rings. The standard InChI is InChI=1S/C15H21N3/c1-9-7-11(9)15-17-13-5-6-16-8-12(13)14(18-15)10-3-2-4-10/h9-11,16H,2-8H2,1H3. The molecule has 0 aromatic carbocycles. The minimum atomic E-state index is 0.656. The van der Waals surface area contributed by atoms with Gasteiger partial charge in [0.1, 0.15) is 5.82 Å². The summed E-state index contributed by atoms with van der Waals surface area (Å²) in [5.74, 6) is 3.35. The monoisotopic (exact) mass is 243 g/mol. The van der Waals surface area contributed by atoms with Gasteiger partial charge in [-0.25, -0.2) is 9.97 Å². The van der Waals surface area contributed by atoms with Gasteiger partial charge in [-0.3, -0.25) is 0 Å². The average Bonchev–Trinajstić information content (AvgIpc) is 3.04. The average molecular weight is 243 g/mol. The maximum Gasteiger partial charge on any atom is 0.132 e. The van der Waals surface area contributed by atoms with Crippen molar-refractivity contribution in [3.8, 4) is 0 Å². The molecule has 1 N–H and O–H groups in total. The Hall–Kier alpha value is -0.960. The maximum atomic E-state index is 4.97. The Morgan fingerprint density at radius 2 is 2.06 bits per heavy atom. The van der Waals surface area contributed by atoms with Gasteiger partial charge in [0, 0.05) is 36.9 Å². The van der Waals surface area contributed by atoms with E-state index in [2.05, 4.69) is 12.2 Å². The van der Waals surface area contributed by atoms with Crippen molar-refractivity contribution >= 4 is 0 Å². The minimum absolute atomic E-state index is 0.656. The second-order valence-electron chi connectivity index (χ2n) is 6.27. The lowest BCUT2D eigenvalue weighted by molar-refractivity contribution is 0.402. The van der Waals surface area contributed by atoms with E-state index in [1.807, 2.05) is 0 Å².